The van der Waals surface area contributed by atoms with Crippen molar-refractivity contribution in [2.24, 2.45) is 0 Å². The van der Waals surface area contributed by atoms with Gasteiger partial charge in [0, 0.05) is 22.7 Å². The van der Waals surface area contributed by atoms with Crippen LogP contribution in [0.5, 0.6) is 0 Å². The van der Waals surface area contributed by atoms with E-state index in [1.54, 1.807) is 28.4 Å². The molecule has 1 aromatic carbocycles. The molecule has 8 heteroatoms. The molecular weight excluding hydrogens is 352 g/mol. The van der Waals surface area contributed by atoms with E-state index >= 15 is 0 Å². The van der Waals surface area contributed by atoms with Gasteiger partial charge in [-0.2, -0.15) is 4.98 Å². The summed E-state index contributed by atoms with van der Waals surface area (Å²) in [6.07, 6.45) is 5.11. The van der Waals surface area contributed by atoms with Crippen LogP contribution in [0.25, 0.3) is 26.4 Å². The Labute approximate surface area is 150 Å². The molecule has 4 heterocycles. The highest BCUT2D eigenvalue weighted by Crippen LogP contribution is 2.37. The molecule has 0 unspecified atom stereocenters. The zero-order valence-corrected chi connectivity index (χ0v) is 14.4. The van der Waals surface area contributed by atoms with Crippen molar-refractivity contribution in [3.8, 4) is 10.4 Å². The predicted molar refractivity (Wildman–Crippen MR) is 97.8 cm³/mol. The second-order valence-electron chi connectivity index (χ2n) is 5.24. The zero-order valence-electron chi connectivity index (χ0n) is 12.8. The quantitative estimate of drug-likeness (QED) is 0.453. The molecule has 0 aliphatic rings. The van der Waals surface area contributed by atoms with E-state index in [1.807, 2.05) is 30.5 Å². The van der Waals surface area contributed by atoms with Gasteiger partial charge in [-0.1, -0.05) is 30.3 Å². The first kappa shape index (κ1) is 14.5. The maximum absolute atomic E-state index is 4.43. The minimum absolute atomic E-state index is 0.575. The van der Waals surface area contributed by atoms with Gasteiger partial charge in [0.2, 0.25) is 5.16 Å². The van der Waals surface area contributed by atoms with Crippen LogP contribution in [0.1, 0.15) is 0 Å². The molecule has 0 saturated heterocycles. The molecule has 0 radical (unpaired) electrons. The third-order valence-corrected chi connectivity index (χ3v) is 5.60. The smallest absolute Gasteiger partial charge is 0.229 e. The molecular formula is C17H10N6S2. The van der Waals surface area contributed by atoms with E-state index in [4.69, 9.17) is 0 Å². The van der Waals surface area contributed by atoms with Gasteiger partial charge in [0.25, 0.3) is 5.78 Å². The topological polar surface area (TPSA) is 68.9 Å². The van der Waals surface area contributed by atoms with Gasteiger partial charge in [-0.3, -0.25) is 0 Å². The van der Waals surface area contributed by atoms with Crippen LogP contribution in [-0.4, -0.2) is 29.5 Å². The van der Waals surface area contributed by atoms with Crippen LogP contribution in [0.2, 0.25) is 0 Å². The molecule has 25 heavy (non-hydrogen) atoms. The lowest BCUT2D eigenvalue weighted by molar-refractivity contribution is 0.878. The van der Waals surface area contributed by atoms with Crippen LogP contribution >= 0.6 is 23.1 Å². The predicted octanol–water partition coefficient (Wildman–Crippen LogP) is 3.95. The molecule has 6 nitrogen and oxygen atoms in total. The number of fused-ring (bicyclic) bond motifs is 2. The molecule has 0 aliphatic carbocycles. The van der Waals surface area contributed by atoms with E-state index in [9.17, 15) is 0 Å². The van der Waals surface area contributed by atoms with Crippen molar-refractivity contribution in [3.63, 3.8) is 0 Å². The highest BCUT2D eigenvalue weighted by molar-refractivity contribution is 7.99. The molecule has 0 saturated carbocycles. The van der Waals surface area contributed by atoms with Crippen molar-refractivity contribution in [2.45, 2.75) is 10.2 Å². The number of hydrogen-bond acceptors (Lipinski definition) is 7. The van der Waals surface area contributed by atoms with E-state index in [0.717, 1.165) is 15.2 Å². The molecule has 0 atom stereocenters. The van der Waals surface area contributed by atoms with Crippen molar-refractivity contribution in [1.82, 2.24) is 29.5 Å². The van der Waals surface area contributed by atoms with Crippen LogP contribution in [0, 0.1) is 0 Å². The van der Waals surface area contributed by atoms with Gasteiger partial charge in [-0.25, -0.2) is 19.5 Å². The molecule has 0 spiro atoms. The fourth-order valence-corrected chi connectivity index (χ4v) is 4.37. The van der Waals surface area contributed by atoms with E-state index < -0.39 is 0 Å². The zero-order chi connectivity index (χ0) is 16.6. The molecule has 5 rings (SSSR count). The third kappa shape index (κ3) is 2.65. The number of rotatable bonds is 3. The lowest BCUT2D eigenvalue weighted by atomic mass is 10.2. The fraction of sp³-hybridized carbons (Fsp3) is 0. The maximum atomic E-state index is 4.43. The van der Waals surface area contributed by atoms with Crippen molar-refractivity contribution < 1.29 is 0 Å². The Morgan fingerprint density at radius 2 is 1.92 bits per heavy atom. The lowest BCUT2D eigenvalue weighted by Gasteiger charge is -1.96. The summed E-state index contributed by atoms with van der Waals surface area (Å²) < 4.78 is 1.66. The van der Waals surface area contributed by atoms with E-state index in [0.29, 0.717) is 10.9 Å². The molecule has 0 aliphatic heterocycles. The largest absolute Gasteiger partial charge is 0.253 e. The van der Waals surface area contributed by atoms with Crippen LogP contribution in [0.4, 0.5) is 0 Å². The van der Waals surface area contributed by atoms with Crippen molar-refractivity contribution >= 4 is 39.1 Å². The number of aromatic nitrogens is 6. The minimum Gasteiger partial charge on any atom is -0.229 e. The molecule has 0 N–H and O–H groups in total. The second kappa shape index (κ2) is 5.91. The Morgan fingerprint density at radius 1 is 1.00 bits per heavy atom. The van der Waals surface area contributed by atoms with Gasteiger partial charge >= 0.3 is 0 Å². The van der Waals surface area contributed by atoms with Gasteiger partial charge < -0.3 is 0 Å². The van der Waals surface area contributed by atoms with Gasteiger partial charge in [-0.15, -0.1) is 16.4 Å². The summed E-state index contributed by atoms with van der Waals surface area (Å²) in [5.41, 5.74) is 1.18. The van der Waals surface area contributed by atoms with Crippen LogP contribution in [-0.2, 0) is 0 Å². The summed E-state index contributed by atoms with van der Waals surface area (Å²) in [6.45, 7) is 0. The average Bonchev–Trinajstić information content (AvgIpc) is 3.26. The summed E-state index contributed by atoms with van der Waals surface area (Å²) in [7, 11) is 0. The Balaban J connectivity index is 1.58. The second-order valence-corrected chi connectivity index (χ2v) is 7.22. The number of benzene rings is 1. The van der Waals surface area contributed by atoms with Gasteiger partial charge in [-0.05, 0) is 29.5 Å². The first-order chi connectivity index (χ1) is 12.4. The van der Waals surface area contributed by atoms with Crippen molar-refractivity contribution in [1.29, 1.82) is 0 Å². The van der Waals surface area contributed by atoms with Gasteiger partial charge in [0.15, 0.2) is 0 Å². The number of thiophene rings is 1. The number of nitrogens with zero attached hydrogens (tertiary/aromatic N) is 6. The minimum atomic E-state index is 0.575. The van der Waals surface area contributed by atoms with Gasteiger partial charge in [0.05, 0.1) is 0 Å². The maximum Gasteiger partial charge on any atom is 0.253 e. The first-order valence-electron chi connectivity index (χ1n) is 7.52. The monoisotopic (exact) mass is 362 g/mol. The van der Waals surface area contributed by atoms with Gasteiger partial charge in [0.1, 0.15) is 16.2 Å². The summed E-state index contributed by atoms with van der Waals surface area (Å²) >= 11 is 3.08. The Bertz CT molecular complexity index is 1150. The fourth-order valence-electron chi connectivity index (χ4n) is 2.50. The summed E-state index contributed by atoms with van der Waals surface area (Å²) in [4.78, 5) is 19.6. The summed E-state index contributed by atoms with van der Waals surface area (Å²) in [6, 6.07) is 14.2. The van der Waals surface area contributed by atoms with E-state index in [2.05, 4.69) is 43.2 Å². The standard InChI is InChI=1S/C17H10N6S2/c1-2-5-11(6-3-1)13-9-12-14(24-13)19-10-20-15(12)25-17-21-16-18-7-4-8-23(16)22-17/h1-10H. The Kier molecular flexibility index (Phi) is 3.43. The first-order valence-corrected chi connectivity index (χ1v) is 9.15. The molecule has 0 fully saturated rings. The van der Waals surface area contributed by atoms with E-state index in [1.165, 1.54) is 22.2 Å². The molecule has 120 valence electrons. The third-order valence-electron chi connectivity index (χ3n) is 3.64. The molecule has 0 bridgehead atoms. The highest BCUT2D eigenvalue weighted by atomic mass is 32.2. The van der Waals surface area contributed by atoms with Crippen LogP contribution in [0.3, 0.4) is 0 Å². The molecule has 0 amide bonds. The molecule has 5 aromatic rings. The highest BCUT2D eigenvalue weighted by Gasteiger charge is 2.13. The van der Waals surface area contributed by atoms with Crippen molar-refractivity contribution in [3.05, 3.63) is 61.2 Å². The normalized spacial score (nSPS) is 11.4. The Morgan fingerprint density at radius 3 is 2.80 bits per heavy atom. The lowest BCUT2D eigenvalue weighted by Crippen LogP contribution is -1.87. The van der Waals surface area contributed by atoms with Crippen LogP contribution < -0.4 is 0 Å². The molecule has 4 aromatic heterocycles. The summed E-state index contributed by atoms with van der Waals surface area (Å²) in [5.74, 6) is 0.575. The SMILES string of the molecule is c1ccc(-c2cc3c(Sc4nc5ncccn5n4)ncnc3s2)cc1. The van der Waals surface area contributed by atoms with Crippen LogP contribution in [0.15, 0.2) is 71.4 Å². The van der Waals surface area contributed by atoms with Crippen molar-refractivity contribution in [2.75, 3.05) is 0 Å². The summed E-state index contributed by atoms with van der Waals surface area (Å²) in [5, 5.41) is 6.91. The number of hydrogen-bond donors (Lipinski definition) is 0. The Hall–Kier alpha value is -2.84. The van der Waals surface area contributed by atoms with E-state index in [-0.39, 0.29) is 0 Å². The average molecular weight is 362 g/mol.